The Morgan fingerprint density at radius 2 is 2.15 bits per heavy atom. The maximum atomic E-state index is 12.2. The van der Waals surface area contributed by atoms with Crippen molar-refractivity contribution in [3.63, 3.8) is 0 Å². The molecule has 1 atom stereocenters. The van der Waals surface area contributed by atoms with Crippen molar-refractivity contribution in [3.8, 4) is 0 Å². The molecule has 0 saturated heterocycles. The van der Waals surface area contributed by atoms with Gasteiger partial charge < -0.3 is 10.6 Å². The molecule has 6 nitrogen and oxygen atoms in total. The van der Waals surface area contributed by atoms with Gasteiger partial charge in [-0.2, -0.15) is 5.10 Å². The second kappa shape index (κ2) is 6.29. The van der Waals surface area contributed by atoms with Gasteiger partial charge in [-0.3, -0.25) is 14.5 Å². The van der Waals surface area contributed by atoms with Gasteiger partial charge in [0.25, 0.3) is 0 Å². The maximum absolute atomic E-state index is 12.2. The molecule has 0 aliphatic rings. The summed E-state index contributed by atoms with van der Waals surface area (Å²) >= 11 is 0. The van der Waals surface area contributed by atoms with E-state index in [0.717, 1.165) is 17.5 Å². The smallest absolute Gasteiger partial charge is 0.243 e. The van der Waals surface area contributed by atoms with E-state index in [1.54, 1.807) is 48.5 Å². The van der Waals surface area contributed by atoms with Gasteiger partial charge in [0.2, 0.25) is 5.91 Å². The van der Waals surface area contributed by atoms with Gasteiger partial charge in [-0.05, 0) is 24.1 Å². The largest absolute Gasteiger partial charge is 0.344 e. The molecule has 2 aromatic heterocycles. The molecule has 106 valence electrons. The fourth-order valence-electron chi connectivity index (χ4n) is 1.94. The van der Waals surface area contributed by atoms with E-state index in [1.165, 1.54) is 0 Å². The molecule has 2 rings (SSSR count). The highest BCUT2D eigenvalue weighted by Gasteiger charge is 2.20. The zero-order valence-corrected chi connectivity index (χ0v) is 11.7. The van der Waals surface area contributed by atoms with Crippen LogP contribution in [0.5, 0.6) is 0 Å². The molecule has 1 amide bonds. The van der Waals surface area contributed by atoms with E-state index >= 15 is 0 Å². The number of hydrogen-bond acceptors (Lipinski definition) is 4. The zero-order chi connectivity index (χ0) is 14.5. The number of pyridine rings is 1. The summed E-state index contributed by atoms with van der Waals surface area (Å²) < 4.78 is 1.64. The van der Waals surface area contributed by atoms with Gasteiger partial charge in [0.05, 0.1) is 6.20 Å². The lowest BCUT2D eigenvalue weighted by Gasteiger charge is -2.20. The number of carbonyl (C=O) groups excluding carboxylic acids is 1. The first kappa shape index (κ1) is 14.2. The summed E-state index contributed by atoms with van der Waals surface area (Å²) in [5.41, 5.74) is 7.84. The van der Waals surface area contributed by atoms with Crippen molar-refractivity contribution in [1.29, 1.82) is 0 Å². The number of nitrogens with zero attached hydrogens (tertiary/aromatic N) is 4. The molecule has 0 fully saturated rings. The fourth-order valence-corrected chi connectivity index (χ4v) is 1.94. The van der Waals surface area contributed by atoms with Crippen molar-refractivity contribution in [2.24, 2.45) is 12.8 Å². The van der Waals surface area contributed by atoms with Crippen LogP contribution < -0.4 is 5.73 Å². The molecular weight excluding hydrogens is 254 g/mol. The summed E-state index contributed by atoms with van der Waals surface area (Å²) in [5.74, 6) is -0.105. The van der Waals surface area contributed by atoms with Crippen LogP contribution in [0.3, 0.4) is 0 Å². The second-order valence-corrected chi connectivity index (χ2v) is 4.79. The molecule has 2 aromatic rings. The molecule has 0 radical (unpaired) electrons. The Kier molecular flexibility index (Phi) is 4.47. The third-order valence-electron chi connectivity index (χ3n) is 3.21. The van der Waals surface area contributed by atoms with Crippen LogP contribution in [0.4, 0.5) is 0 Å². The lowest BCUT2D eigenvalue weighted by Crippen LogP contribution is -2.36. The summed E-state index contributed by atoms with van der Waals surface area (Å²) in [6.45, 7) is 0.622. The van der Waals surface area contributed by atoms with Gasteiger partial charge in [-0.25, -0.2) is 0 Å². The van der Waals surface area contributed by atoms with E-state index in [4.69, 9.17) is 5.73 Å². The molecule has 20 heavy (non-hydrogen) atoms. The van der Waals surface area contributed by atoms with Crippen molar-refractivity contribution in [2.75, 3.05) is 13.6 Å². The highest BCUT2D eigenvalue weighted by atomic mass is 16.2. The predicted octanol–water partition coefficient (Wildman–Crippen LogP) is 0.516. The van der Waals surface area contributed by atoms with E-state index in [-0.39, 0.29) is 5.91 Å². The number of aryl methyl sites for hydroxylation is 1. The normalized spacial score (nSPS) is 12.2. The van der Waals surface area contributed by atoms with E-state index in [2.05, 4.69) is 10.1 Å². The van der Waals surface area contributed by atoms with Crippen LogP contribution in [0, 0.1) is 0 Å². The Morgan fingerprint density at radius 3 is 2.75 bits per heavy atom. The fraction of sp³-hybridized carbons (Fsp3) is 0.357. The van der Waals surface area contributed by atoms with Gasteiger partial charge in [-0.1, -0.05) is 0 Å². The minimum Gasteiger partial charge on any atom is -0.344 e. The molecule has 2 N–H and O–H groups in total. The molecule has 0 aromatic carbocycles. The number of hydrogen-bond donors (Lipinski definition) is 1. The topological polar surface area (TPSA) is 77.0 Å². The minimum absolute atomic E-state index is 0.105. The Hall–Kier alpha value is -2.21. The number of aromatic nitrogens is 3. The van der Waals surface area contributed by atoms with Gasteiger partial charge in [0.15, 0.2) is 0 Å². The van der Waals surface area contributed by atoms with Crippen LogP contribution in [-0.4, -0.2) is 39.2 Å². The van der Waals surface area contributed by atoms with Crippen molar-refractivity contribution in [1.82, 2.24) is 19.7 Å². The summed E-state index contributed by atoms with van der Waals surface area (Å²) in [6.07, 6.45) is 7.67. The number of rotatable bonds is 5. The number of carbonyl (C=O) groups is 1. The standard InChI is InChI=1S/C14H19N5O/c1-18(8-5-11-3-6-16-7-4-11)14(20)13(15)12-9-17-19(2)10-12/h3-4,6-7,9-10,13H,5,8,15H2,1-2H3. The van der Waals surface area contributed by atoms with Crippen LogP contribution in [0.25, 0.3) is 0 Å². The Morgan fingerprint density at radius 1 is 1.45 bits per heavy atom. The Balaban J connectivity index is 1.91. The SMILES string of the molecule is CN(CCc1ccncc1)C(=O)C(N)c1cnn(C)c1. The highest BCUT2D eigenvalue weighted by Crippen LogP contribution is 2.11. The van der Waals surface area contributed by atoms with E-state index in [9.17, 15) is 4.79 Å². The van der Waals surface area contributed by atoms with Gasteiger partial charge in [0, 0.05) is 44.8 Å². The van der Waals surface area contributed by atoms with Crippen molar-refractivity contribution in [2.45, 2.75) is 12.5 Å². The van der Waals surface area contributed by atoms with Crippen molar-refractivity contribution < 1.29 is 4.79 Å². The van der Waals surface area contributed by atoms with Crippen LogP contribution in [0.1, 0.15) is 17.2 Å². The first-order chi connectivity index (χ1) is 9.58. The molecule has 6 heteroatoms. The monoisotopic (exact) mass is 273 g/mol. The highest BCUT2D eigenvalue weighted by molar-refractivity contribution is 5.82. The molecular formula is C14H19N5O. The van der Waals surface area contributed by atoms with Crippen LogP contribution in [0.2, 0.25) is 0 Å². The lowest BCUT2D eigenvalue weighted by molar-refractivity contribution is -0.131. The molecule has 0 spiro atoms. The first-order valence-corrected chi connectivity index (χ1v) is 6.46. The third-order valence-corrected chi connectivity index (χ3v) is 3.21. The average molecular weight is 273 g/mol. The summed E-state index contributed by atoms with van der Waals surface area (Å²) in [7, 11) is 3.56. The van der Waals surface area contributed by atoms with Gasteiger partial charge in [0.1, 0.15) is 6.04 Å². The Labute approximate surface area is 118 Å². The number of nitrogens with two attached hydrogens (primary N) is 1. The first-order valence-electron chi connectivity index (χ1n) is 6.46. The molecule has 0 bridgehead atoms. The predicted molar refractivity (Wildman–Crippen MR) is 75.7 cm³/mol. The van der Waals surface area contributed by atoms with Crippen molar-refractivity contribution in [3.05, 3.63) is 48.0 Å². The van der Waals surface area contributed by atoms with E-state index in [0.29, 0.717) is 6.54 Å². The molecule has 0 aliphatic heterocycles. The van der Waals surface area contributed by atoms with E-state index < -0.39 is 6.04 Å². The van der Waals surface area contributed by atoms with Crippen LogP contribution >= 0.6 is 0 Å². The third kappa shape index (κ3) is 3.42. The molecule has 1 unspecified atom stereocenters. The number of amides is 1. The second-order valence-electron chi connectivity index (χ2n) is 4.79. The van der Waals surface area contributed by atoms with Crippen LogP contribution in [0.15, 0.2) is 36.9 Å². The van der Waals surface area contributed by atoms with E-state index in [1.807, 2.05) is 12.1 Å². The summed E-state index contributed by atoms with van der Waals surface area (Å²) in [4.78, 5) is 17.8. The quantitative estimate of drug-likeness (QED) is 0.861. The van der Waals surface area contributed by atoms with Gasteiger partial charge in [-0.15, -0.1) is 0 Å². The Bertz CT molecular complexity index is 566. The molecule has 2 heterocycles. The molecule has 0 saturated carbocycles. The lowest BCUT2D eigenvalue weighted by atomic mass is 10.1. The number of likely N-dealkylation sites (N-methyl/N-ethyl adjacent to an activating group) is 1. The van der Waals surface area contributed by atoms with Crippen molar-refractivity contribution >= 4 is 5.91 Å². The summed E-state index contributed by atoms with van der Waals surface area (Å²) in [5, 5.41) is 4.03. The van der Waals surface area contributed by atoms with Gasteiger partial charge >= 0.3 is 0 Å². The average Bonchev–Trinajstić information content (AvgIpc) is 2.91. The minimum atomic E-state index is -0.661. The maximum Gasteiger partial charge on any atom is 0.243 e. The summed E-state index contributed by atoms with van der Waals surface area (Å²) in [6, 6.07) is 3.23. The van der Waals surface area contributed by atoms with Crippen LogP contribution in [-0.2, 0) is 18.3 Å². The molecule has 0 aliphatic carbocycles. The zero-order valence-electron chi connectivity index (χ0n) is 11.7.